The fourth-order valence-corrected chi connectivity index (χ4v) is 2.08. The first-order chi connectivity index (χ1) is 8.31. The van der Waals surface area contributed by atoms with E-state index in [9.17, 15) is 0 Å². The van der Waals surface area contributed by atoms with Crippen molar-refractivity contribution in [2.75, 3.05) is 6.54 Å². The number of rotatable bonds is 6. The number of aromatic nitrogens is 3. The Bertz CT molecular complexity index is 430. The molecule has 0 aliphatic heterocycles. The van der Waals surface area contributed by atoms with Gasteiger partial charge in [0.05, 0.1) is 6.54 Å². The lowest BCUT2D eigenvalue weighted by Crippen LogP contribution is -2.21. The Kier molecular flexibility index (Phi) is 3.98. The predicted octanol–water partition coefficient (Wildman–Crippen LogP) is 2.06. The summed E-state index contributed by atoms with van der Waals surface area (Å²) < 4.78 is 4.25. The van der Waals surface area contributed by atoms with Crippen LogP contribution in [0.15, 0.2) is 36.8 Å². The van der Waals surface area contributed by atoms with E-state index in [0.717, 1.165) is 19.6 Å². The van der Waals surface area contributed by atoms with E-state index in [1.165, 1.54) is 5.69 Å². The second-order valence-corrected chi connectivity index (χ2v) is 4.17. The van der Waals surface area contributed by atoms with E-state index >= 15 is 0 Å². The molecule has 1 atom stereocenters. The van der Waals surface area contributed by atoms with Crippen molar-refractivity contribution < 1.29 is 0 Å². The molecule has 0 aliphatic carbocycles. The molecule has 0 bridgehead atoms. The van der Waals surface area contributed by atoms with Crippen LogP contribution in [0.5, 0.6) is 0 Å². The Morgan fingerprint density at radius 2 is 2.18 bits per heavy atom. The first-order valence-corrected chi connectivity index (χ1v) is 6.17. The third-order valence-corrected chi connectivity index (χ3v) is 2.95. The molecular formula is C13H20N4. The number of nitrogens with zero attached hydrogens (tertiary/aromatic N) is 3. The van der Waals surface area contributed by atoms with Crippen molar-refractivity contribution in [2.24, 2.45) is 0 Å². The Morgan fingerprint density at radius 1 is 1.29 bits per heavy atom. The van der Waals surface area contributed by atoms with Gasteiger partial charge < -0.3 is 9.88 Å². The Balaban J connectivity index is 1.99. The minimum Gasteiger partial charge on any atom is -0.348 e. The van der Waals surface area contributed by atoms with Gasteiger partial charge in [-0.3, -0.25) is 4.68 Å². The number of aryl methyl sites for hydroxylation is 2. The zero-order valence-corrected chi connectivity index (χ0v) is 10.5. The molecule has 1 unspecified atom stereocenters. The van der Waals surface area contributed by atoms with Crippen LogP contribution >= 0.6 is 0 Å². The molecule has 4 nitrogen and oxygen atoms in total. The lowest BCUT2D eigenvalue weighted by molar-refractivity contribution is 0.491. The summed E-state index contributed by atoms with van der Waals surface area (Å²) in [6.07, 6.45) is 5.95. The molecule has 0 aromatic carbocycles. The van der Waals surface area contributed by atoms with Crippen molar-refractivity contribution >= 4 is 0 Å². The van der Waals surface area contributed by atoms with Crippen LogP contribution in [0.4, 0.5) is 0 Å². The Morgan fingerprint density at radius 3 is 2.88 bits per heavy atom. The van der Waals surface area contributed by atoms with Crippen molar-refractivity contribution in [3.63, 3.8) is 0 Å². The number of nitrogens with one attached hydrogen (secondary N) is 1. The number of hydrogen-bond donors (Lipinski definition) is 1. The van der Waals surface area contributed by atoms with Gasteiger partial charge in [0, 0.05) is 36.9 Å². The lowest BCUT2D eigenvalue weighted by atomic mass is 10.2. The molecule has 0 spiro atoms. The van der Waals surface area contributed by atoms with Gasteiger partial charge in [0.2, 0.25) is 0 Å². The monoisotopic (exact) mass is 232 g/mol. The average molecular weight is 232 g/mol. The van der Waals surface area contributed by atoms with Gasteiger partial charge in [-0.1, -0.05) is 6.92 Å². The first kappa shape index (κ1) is 11.9. The first-order valence-electron chi connectivity index (χ1n) is 6.17. The van der Waals surface area contributed by atoms with E-state index < -0.39 is 0 Å². The standard InChI is InChI=1S/C13H20N4/c1-3-14-12(2)13-6-4-8-16(13)10-11-17-9-5-7-15-17/h4-9,12,14H,3,10-11H2,1-2H3. The molecule has 4 heteroatoms. The zero-order valence-electron chi connectivity index (χ0n) is 10.5. The van der Waals surface area contributed by atoms with Crippen LogP contribution in [0.2, 0.25) is 0 Å². The topological polar surface area (TPSA) is 34.8 Å². The molecule has 2 aromatic rings. The Labute approximate surface area is 102 Å². The molecule has 2 rings (SSSR count). The van der Waals surface area contributed by atoms with E-state index in [1.54, 1.807) is 0 Å². The molecular weight excluding hydrogens is 212 g/mol. The highest BCUT2D eigenvalue weighted by molar-refractivity contribution is 5.11. The molecule has 0 radical (unpaired) electrons. The summed E-state index contributed by atoms with van der Waals surface area (Å²) in [6, 6.07) is 6.63. The highest BCUT2D eigenvalue weighted by Crippen LogP contribution is 2.13. The smallest absolute Gasteiger partial charge is 0.0588 e. The van der Waals surface area contributed by atoms with Crippen molar-refractivity contribution in [1.29, 1.82) is 0 Å². The van der Waals surface area contributed by atoms with Crippen LogP contribution < -0.4 is 5.32 Å². The highest BCUT2D eigenvalue weighted by atomic mass is 15.3. The summed E-state index contributed by atoms with van der Waals surface area (Å²) in [7, 11) is 0. The van der Waals surface area contributed by atoms with Crippen molar-refractivity contribution in [1.82, 2.24) is 19.7 Å². The largest absolute Gasteiger partial charge is 0.348 e. The fourth-order valence-electron chi connectivity index (χ4n) is 2.08. The average Bonchev–Trinajstić information content (AvgIpc) is 2.98. The third-order valence-electron chi connectivity index (χ3n) is 2.95. The van der Waals surface area contributed by atoms with Crippen LogP contribution in [0.1, 0.15) is 25.6 Å². The van der Waals surface area contributed by atoms with Gasteiger partial charge in [-0.25, -0.2) is 0 Å². The van der Waals surface area contributed by atoms with Gasteiger partial charge in [0.1, 0.15) is 0 Å². The molecule has 17 heavy (non-hydrogen) atoms. The summed E-state index contributed by atoms with van der Waals surface area (Å²) in [5, 5.41) is 7.65. The second kappa shape index (κ2) is 5.68. The van der Waals surface area contributed by atoms with Crippen LogP contribution in [0.3, 0.4) is 0 Å². The summed E-state index contributed by atoms with van der Waals surface area (Å²) in [5.41, 5.74) is 1.33. The second-order valence-electron chi connectivity index (χ2n) is 4.17. The molecule has 2 heterocycles. The SMILES string of the molecule is CCNC(C)c1cccn1CCn1cccn1. The number of hydrogen-bond acceptors (Lipinski definition) is 2. The molecule has 0 fully saturated rings. The molecule has 0 saturated heterocycles. The maximum absolute atomic E-state index is 4.21. The summed E-state index contributed by atoms with van der Waals surface area (Å²) in [5.74, 6) is 0. The van der Waals surface area contributed by atoms with Crippen molar-refractivity contribution in [2.45, 2.75) is 33.0 Å². The molecule has 2 aromatic heterocycles. The molecule has 0 aliphatic rings. The van der Waals surface area contributed by atoms with Crippen LogP contribution in [-0.4, -0.2) is 20.9 Å². The van der Waals surface area contributed by atoms with Gasteiger partial charge in [0.15, 0.2) is 0 Å². The van der Waals surface area contributed by atoms with Gasteiger partial charge in [-0.05, 0) is 31.7 Å². The quantitative estimate of drug-likeness (QED) is 0.827. The molecule has 0 amide bonds. The third kappa shape index (κ3) is 2.97. The fraction of sp³-hybridized carbons (Fsp3) is 0.462. The van der Waals surface area contributed by atoms with Crippen molar-refractivity contribution in [3.05, 3.63) is 42.5 Å². The molecule has 0 saturated carbocycles. The van der Waals surface area contributed by atoms with E-state index in [-0.39, 0.29) is 0 Å². The maximum atomic E-state index is 4.21. The van der Waals surface area contributed by atoms with Crippen LogP contribution in [0.25, 0.3) is 0 Å². The van der Waals surface area contributed by atoms with Crippen molar-refractivity contribution in [3.8, 4) is 0 Å². The summed E-state index contributed by atoms with van der Waals surface area (Å²) in [6.45, 7) is 7.19. The maximum Gasteiger partial charge on any atom is 0.0588 e. The minimum atomic E-state index is 0.396. The summed E-state index contributed by atoms with van der Waals surface area (Å²) >= 11 is 0. The minimum absolute atomic E-state index is 0.396. The zero-order chi connectivity index (χ0) is 12.1. The highest BCUT2D eigenvalue weighted by Gasteiger charge is 2.08. The molecule has 1 N–H and O–H groups in total. The van der Waals surface area contributed by atoms with Crippen LogP contribution in [0, 0.1) is 0 Å². The van der Waals surface area contributed by atoms with E-state index in [0.29, 0.717) is 6.04 Å². The summed E-state index contributed by atoms with van der Waals surface area (Å²) in [4.78, 5) is 0. The Hall–Kier alpha value is -1.55. The molecule has 92 valence electrons. The van der Waals surface area contributed by atoms with Crippen LogP contribution in [-0.2, 0) is 13.1 Å². The normalized spacial score (nSPS) is 12.8. The van der Waals surface area contributed by atoms with Gasteiger partial charge >= 0.3 is 0 Å². The lowest BCUT2D eigenvalue weighted by Gasteiger charge is -2.16. The predicted molar refractivity (Wildman–Crippen MR) is 68.8 cm³/mol. The van der Waals surface area contributed by atoms with Gasteiger partial charge in [-0.2, -0.15) is 5.10 Å². The van der Waals surface area contributed by atoms with Gasteiger partial charge in [-0.15, -0.1) is 0 Å². The van der Waals surface area contributed by atoms with Gasteiger partial charge in [0.25, 0.3) is 0 Å². The van der Waals surface area contributed by atoms with E-state index in [1.807, 2.05) is 23.1 Å². The van der Waals surface area contributed by atoms with E-state index in [2.05, 4.69) is 47.2 Å². The van der Waals surface area contributed by atoms with E-state index in [4.69, 9.17) is 0 Å².